The molecule has 5 rings (SSSR count). The molecule has 3 aromatic rings. The highest BCUT2D eigenvalue weighted by atomic mass is 19.1. The predicted octanol–water partition coefficient (Wildman–Crippen LogP) is 3.19. The Morgan fingerprint density at radius 3 is 2.68 bits per heavy atom. The minimum atomic E-state index is -0.471. The topological polar surface area (TPSA) is 81.3 Å². The lowest BCUT2D eigenvalue weighted by molar-refractivity contribution is 0.0958. The molecule has 0 bridgehead atoms. The van der Waals surface area contributed by atoms with Gasteiger partial charge in [-0.3, -0.25) is 14.5 Å². The molecule has 1 amide bonds. The van der Waals surface area contributed by atoms with Gasteiger partial charge in [0.15, 0.2) is 0 Å². The van der Waals surface area contributed by atoms with Crippen LogP contribution in [0.3, 0.4) is 0 Å². The van der Waals surface area contributed by atoms with Crippen molar-refractivity contribution in [3.8, 4) is 0 Å². The molecular formula is C26H30FN5O2. The number of aromatic nitrogens is 2. The predicted molar refractivity (Wildman–Crippen MR) is 131 cm³/mol. The molecule has 1 aromatic carbocycles. The van der Waals surface area contributed by atoms with E-state index in [1.165, 1.54) is 6.07 Å². The second-order valence-electron chi connectivity index (χ2n) is 9.32. The van der Waals surface area contributed by atoms with Crippen molar-refractivity contribution in [1.82, 2.24) is 20.2 Å². The number of H-pyrrole nitrogens is 1. The summed E-state index contributed by atoms with van der Waals surface area (Å²) in [4.78, 5) is 36.7. The van der Waals surface area contributed by atoms with Crippen LogP contribution in [0.4, 0.5) is 10.1 Å². The quantitative estimate of drug-likeness (QED) is 0.621. The molecule has 34 heavy (non-hydrogen) atoms. The fourth-order valence-corrected chi connectivity index (χ4v) is 5.56. The summed E-state index contributed by atoms with van der Waals surface area (Å²) in [5.41, 5.74) is 2.97. The van der Waals surface area contributed by atoms with Crippen molar-refractivity contribution in [3.63, 3.8) is 0 Å². The Kier molecular flexibility index (Phi) is 6.08. The summed E-state index contributed by atoms with van der Waals surface area (Å²) in [6.07, 6.45) is 3.11. The van der Waals surface area contributed by atoms with Crippen molar-refractivity contribution in [1.29, 1.82) is 0 Å². The molecule has 0 radical (unpaired) electrons. The van der Waals surface area contributed by atoms with Gasteiger partial charge in [0.1, 0.15) is 11.5 Å². The van der Waals surface area contributed by atoms with Gasteiger partial charge in [-0.2, -0.15) is 0 Å². The third kappa shape index (κ3) is 4.18. The Bertz CT molecular complexity index is 1280. The van der Waals surface area contributed by atoms with E-state index in [-0.39, 0.29) is 22.8 Å². The number of amides is 1. The van der Waals surface area contributed by atoms with Gasteiger partial charge in [0.05, 0.1) is 16.8 Å². The molecule has 2 atom stereocenters. The monoisotopic (exact) mass is 463 g/mol. The van der Waals surface area contributed by atoms with Crippen LogP contribution >= 0.6 is 0 Å². The van der Waals surface area contributed by atoms with Gasteiger partial charge < -0.3 is 15.2 Å². The fourth-order valence-electron chi connectivity index (χ4n) is 5.56. The Morgan fingerprint density at radius 2 is 1.94 bits per heavy atom. The van der Waals surface area contributed by atoms with Crippen LogP contribution in [0.2, 0.25) is 0 Å². The summed E-state index contributed by atoms with van der Waals surface area (Å²) in [5.74, 6) is -0.360. The molecule has 2 aromatic heterocycles. The Balaban J connectivity index is 1.23. The zero-order valence-corrected chi connectivity index (χ0v) is 19.6. The molecule has 2 unspecified atom stereocenters. The third-order valence-corrected chi connectivity index (χ3v) is 7.38. The van der Waals surface area contributed by atoms with Crippen molar-refractivity contribution in [2.24, 2.45) is 0 Å². The van der Waals surface area contributed by atoms with Crippen LogP contribution in [-0.2, 0) is 0 Å². The number of aryl methyl sites for hydroxylation is 1. The van der Waals surface area contributed by atoms with Gasteiger partial charge in [-0.15, -0.1) is 0 Å². The highest BCUT2D eigenvalue weighted by Crippen LogP contribution is 2.37. The van der Waals surface area contributed by atoms with Crippen molar-refractivity contribution in [2.75, 3.05) is 38.1 Å². The highest BCUT2D eigenvalue weighted by molar-refractivity contribution is 5.92. The van der Waals surface area contributed by atoms with Crippen LogP contribution in [0.1, 0.15) is 47.1 Å². The molecule has 2 aliphatic rings. The summed E-state index contributed by atoms with van der Waals surface area (Å²) in [6, 6.07) is 11.0. The van der Waals surface area contributed by atoms with E-state index in [9.17, 15) is 14.0 Å². The minimum Gasteiger partial charge on any atom is -0.368 e. The maximum Gasteiger partial charge on any atom is 0.269 e. The first-order valence-corrected chi connectivity index (χ1v) is 11.9. The number of piperazine rings is 1. The number of halogens is 1. The lowest BCUT2D eigenvalue weighted by Gasteiger charge is -2.39. The van der Waals surface area contributed by atoms with Crippen molar-refractivity contribution < 1.29 is 9.18 Å². The molecule has 1 saturated heterocycles. The number of anilines is 1. The standard InChI is InChI=1S/C26H30FN5O2/c1-16-23(9-8-21(29-16)25(33)28-2)32-12-10-31(11-13-32)19-7-6-17(14-19)22-15-18-4-3-5-20(27)24(18)26(34)30-22/h3-5,8-9,15,17,19H,6-7,10-14H2,1-2H3,(H,28,33)(H,30,34). The lowest BCUT2D eigenvalue weighted by atomic mass is 10.00. The maximum atomic E-state index is 14.1. The van der Waals surface area contributed by atoms with Crippen molar-refractivity contribution in [3.05, 3.63) is 69.7 Å². The van der Waals surface area contributed by atoms with Crippen LogP contribution in [0, 0.1) is 12.7 Å². The second-order valence-corrected chi connectivity index (χ2v) is 9.32. The third-order valence-electron chi connectivity index (χ3n) is 7.38. The van der Waals surface area contributed by atoms with E-state index in [0.29, 0.717) is 17.1 Å². The number of nitrogens with one attached hydrogen (secondary N) is 2. The summed E-state index contributed by atoms with van der Waals surface area (Å²) in [5, 5.41) is 3.43. The molecule has 1 aliphatic carbocycles. The van der Waals surface area contributed by atoms with Gasteiger partial charge in [0.25, 0.3) is 11.5 Å². The van der Waals surface area contributed by atoms with Crippen LogP contribution in [-0.4, -0.2) is 60.0 Å². The minimum absolute atomic E-state index is 0.144. The molecule has 8 heteroatoms. The number of hydrogen-bond acceptors (Lipinski definition) is 5. The Hall–Kier alpha value is -3.26. The number of fused-ring (bicyclic) bond motifs is 1. The zero-order chi connectivity index (χ0) is 23.8. The molecule has 2 N–H and O–H groups in total. The number of carbonyl (C=O) groups excluding carboxylic acids is 1. The van der Waals surface area contributed by atoms with E-state index >= 15 is 0 Å². The summed E-state index contributed by atoms with van der Waals surface area (Å²) >= 11 is 0. The zero-order valence-electron chi connectivity index (χ0n) is 19.6. The van der Waals surface area contributed by atoms with E-state index in [4.69, 9.17) is 0 Å². The van der Waals surface area contributed by atoms with E-state index in [0.717, 1.165) is 62.5 Å². The maximum absolute atomic E-state index is 14.1. The lowest BCUT2D eigenvalue weighted by Crippen LogP contribution is -2.50. The van der Waals surface area contributed by atoms with Crippen LogP contribution < -0.4 is 15.8 Å². The van der Waals surface area contributed by atoms with Gasteiger partial charge in [-0.25, -0.2) is 9.37 Å². The number of pyridine rings is 2. The van der Waals surface area contributed by atoms with Crippen LogP contribution in [0.25, 0.3) is 10.8 Å². The van der Waals surface area contributed by atoms with Crippen LogP contribution in [0.5, 0.6) is 0 Å². The number of aromatic amines is 1. The number of nitrogens with zero attached hydrogens (tertiary/aromatic N) is 3. The smallest absolute Gasteiger partial charge is 0.269 e. The summed E-state index contributed by atoms with van der Waals surface area (Å²) in [6.45, 7) is 5.71. The van der Waals surface area contributed by atoms with E-state index in [1.807, 2.05) is 19.1 Å². The fraction of sp³-hybridized carbons (Fsp3) is 0.423. The normalized spacial score (nSPS) is 21.2. The first-order chi connectivity index (χ1) is 16.4. The number of benzene rings is 1. The SMILES string of the molecule is CNC(=O)c1ccc(N2CCN(C3CCC(c4cc5cccc(F)c5c(=O)[nH]4)C3)CC2)c(C)n1. The summed E-state index contributed by atoms with van der Waals surface area (Å²) in [7, 11) is 1.61. The Morgan fingerprint density at radius 1 is 1.15 bits per heavy atom. The first kappa shape index (κ1) is 22.5. The van der Waals surface area contributed by atoms with E-state index in [2.05, 4.69) is 25.1 Å². The van der Waals surface area contributed by atoms with Gasteiger partial charge >= 0.3 is 0 Å². The second kappa shape index (κ2) is 9.18. The molecule has 1 aliphatic heterocycles. The van der Waals surface area contributed by atoms with Gasteiger partial charge in [0, 0.05) is 50.9 Å². The molecule has 7 nitrogen and oxygen atoms in total. The number of hydrogen-bond donors (Lipinski definition) is 2. The van der Waals surface area contributed by atoms with E-state index in [1.54, 1.807) is 25.2 Å². The van der Waals surface area contributed by atoms with E-state index < -0.39 is 5.82 Å². The van der Waals surface area contributed by atoms with Crippen molar-refractivity contribution in [2.45, 2.75) is 38.1 Å². The van der Waals surface area contributed by atoms with Gasteiger partial charge in [0.2, 0.25) is 0 Å². The Labute approximate surface area is 198 Å². The highest BCUT2D eigenvalue weighted by Gasteiger charge is 2.33. The average molecular weight is 464 g/mol. The number of carbonyl (C=O) groups is 1. The molecule has 178 valence electrons. The first-order valence-electron chi connectivity index (χ1n) is 11.9. The molecule has 2 fully saturated rings. The van der Waals surface area contributed by atoms with Gasteiger partial charge in [-0.05, 0) is 55.8 Å². The summed E-state index contributed by atoms with van der Waals surface area (Å²) < 4.78 is 14.1. The average Bonchev–Trinajstić information content (AvgIpc) is 3.34. The van der Waals surface area contributed by atoms with Gasteiger partial charge in [-0.1, -0.05) is 12.1 Å². The molecule has 0 spiro atoms. The molecular weight excluding hydrogens is 433 g/mol. The molecule has 3 heterocycles. The van der Waals surface area contributed by atoms with Crippen molar-refractivity contribution >= 4 is 22.4 Å². The molecule has 1 saturated carbocycles. The largest absolute Gasteiger partial charge is 0.368 e. The number of rotatable bonds is 4. The van der Waals surface area contributed by atoms with Crippen LogP contribution in [0.15, 0.2) is 41.2 Å².